The molecule has 0 saturated carbocycles. The van der Waals surface area contributed by atoms with Gasteiger partial charge in [-0.3, -0.25) is 14.5 Å². The molecule has 3 fully saturated rings. The first kappa shape index (κ1) is 26.2. The van der Waals surface area contributed by atoms with Gasteiger partial charge >= 0.3 is 0 Å². The van der Waals surface area contributed by atoms with Crippen LogP contribution in [0.4, 0.5) is 0 Å². The number of fused-ring (bicyclic) bond motifs is 3. The van der Waals surface area contributed by atoms with Gasteiger partial charge < -0.3 is 14.5 Å². The summed E-state index contributed by atoms with van der Waals surface area (Å²) in [5.41, 5.74) is 4.21. The minimum absolute atomic E-state index is 0.00495. The fraction of sp³-hybridized carbons (Fsp3) is 0.441. The number of rotatable bonds is 6. The van der Waals surface area contributed by atoms with E-state index in [2.05, 4.69) is 76.0 Å². The van der Waals surface area contributed by atoms with E-state index in [-0.39, 0.29) is 16.9 Å². The maximum absolute atomic E-state index is 13.2. The monoisotopic (exact) mass is 549 g/mol. The molecule has 0 aliphatic carbocycles. The first-order valence-electron chi connectivity index (χ1n) is 15.2. The van der Waals surface area contributed by atoms with Gasteiger partial charge in [0.05, 0.1) is 16.6 Å². The Labute approximate surface area is 241 Å². The van der Waals surface area contributed by atoms with Gasteiger partial charge in [0.2, 0.25) is 5.56 Å². The van der Waals surface area contributed by atoms with E-state index < -0.39 is 0 Å². The highest BCUT2D eigenvalue weighted by molar-refractivity contribution is 5.94. The van der Waals surface area contributed by atoms with Crippen molar-refractivity contribution in [3.63, 3.8) is 0 Å². The predicted molar refractivity (Wildman–Crippen MR) is 161 cm³/mol. The van der Waals surface area contributed by atoms with Gasteiger partial charge in [0.1, 0.15) is 5.82 Å². The third kappa shape index (κ3) is 4.80. The van der Waals surface area contributed by atoms with Crippen molar-refractivity contribution >= 4 is 16.9 Å². The van der Waals surface area contributed by atoms with Crippen molar-refractivity contribution in [1.29, 1.82) is 0 Å². The summed E-state index contributed by atoms with van der Waals surface area (Å²) in [4.78, 5) is 36.9. The summed E-state index contributed by atoms with van der Waals surface area (Å²) >= 11 is 0. The molecular formula is C34H39N5O2. The molecule has 5 heterocycles. The number of para-hydroxylation sites is 2. The van der Waals surface area contributed by atoms with Gasteiger partial charge in [0.25, 0.3) is 5.91 Å². The number of aryl methyl sites for hydroxylation is 1. The van der Waals surface area contributed by atoms with Crippen molar-refractivity contribution in [2.24, 2.45) is 0 Å². The first-order chi connectivity index (χ1) is 20.0. The van der Waals surface area contributed by atoms with Crippen molar-refractivity contribution in [2.75, 3.05) is 19.6 Å². The number of nitrogens with zero attached hydrogens (tertiary/aromatic N) is 4. The van der Waals surface area contributed by atoms with Crippen LogP contribution in [0.5, 0.6) is 0 Å². The minimum Gasteiger partial charge on any atom is -0.339 e. The molecule has 0 radical (unpaired) electrons. The zero-order chi connectivity index (χ0) is 28.0. The fourth-order valence-electron chi connectivity index (χ4n) is 8.13. The molecule has 7 nitrogen and oxygen atoms in total. The number of hydrogen-bond acceptors (Lipinski definition) is 4. The summed E-state index contributed by atoms with van der Waals surface area (Å²) < 4.78 is 2.51. The van der Waals surface area contributed by atoms with Crippen LogP contribution in [0.2, 0.25) is 0 Å². The van der Waals surface area contributed by atoms with Crippen LogP contribution in [-0.4, -0.2) is 62.0 Å². The normalized spacial score (nSPS) is 24.1. The average molecular weight is 550 g/mol. The third-order valence-corrected chi connectivity index (χ3v) is 10.3. The number of aromatic nitrogens is 3. The molecule has 3 aliphatic heterocycles. The fourth-order valence-corrected chi connectivity index (χ4v) is 8.13. The molecule has 1 amide bonds. The average Bonchev–Trinajstić information content (AvgIpc) is 3.47. The lowest BCUT2D eigenvalue weighted by atomic mass is 9.70. The molecule has 0 spiro atoms. The quantitative estimate of drug-likeness (QED) is 0.346. The molecule has 3 atom stereocenters. The predicted octanol–water partition coefficient (Wildman–Crippen LogP) is 5.47. The van der Waals surface area contributed by atoms with Crippen LogP contribution in [0.25, 0.3) is 11.0 Å². The van der Waals surface area contributed by atoms with Gasteiger partial charge in [-0.15, -0.1) is 0 Å². The van der Waals surface area contributed by atoms with E-state index in [1.54, 1.807) is 6.07 Å². The molecule has 3 saturated heterocycles. The number of imidazole rings is 1. The lowest BCUT2D eigenvalue weighted by Gasteiger charge is -2.45. The number of pyridine rings is 1. The molecule has 2 aromatic carbocycles. The Balaban J connectivity index is 1.06. The van der Waals surface area contributed by atoms with Crippen molar-refractivity contribution in [3.05, 3.63) is 100 Å². The van der Waals surface area contributed by atoms with Crippen LogP contribution < -0.4 is 5.56 Å². The van der Waals surface area contributed by atoms with E-state index in [0.717, 1.165) is 50.2 Å². The minimum atomic E-state index is -0.185. The summed E-state index contributed by atoms with van der Waals surface area (Å²) in [7, 11) is 0. The van der Waals surface area contributed by atoms with E-state index in [0.29, 0.717) is 23.7 Å². The van der Waals surface area contributed by atoms with Gasteiger partial charge in [-0.25, -0.2) is 4.98 Å². The molecule has 41 heavy (non-hydrogen) atoms. The zero-order valence-corrected chi connectivity index (χ0v) is 23.8. The van der Waals surface area contributed by atoms with Crippen LogP contribution >= 0.6 is 0 Å². The largest absolute Gasteiger partial charge is 0.339 e. The number of aromatic amines is 1. The lowest BCUT2D eigenvalue weighted by molar-refractivity contribution is 0.0606. The van der Waals surface area contributed by atoms with Gasteiger partial charge in [-0.1, -0.05) is 42.5 Å². The van der Waals surface area contributed by atoms with Crippen LogP contribution in [0.1, 0.15) is 72.7 Å². The number of hydrogen-bond donors (Lipinski definition) is 1. The Kier molecular flexibility index (Phi) is 6.78. The Hall–Kier alpha value is -3.71. The Morgan fingerprint density at radius 1 is 0.927 bits per heavy atom. The standard InChI is InChI=1S/C34H39N5O2/c1-24-36-30-9-5-6-10-31(30)39(24)29-21-27-12-13-28(22-29)38(27)20-17-34(26-7-3-2-4-8-26)15-18-37(19-16-34)33(41)25-11-14-32(40)35-23-25/h2-11,14,23,27-29H,12-13,15-22H2,1H3,(H,35,40)/t27-,28+,29+. The maximum atomic E-state index is 13.2. The van der Waals surface area contributed by atoms with Gasteiger partial charge in [-0.2, -0.15) is 0 Å². The first-order valence-corrected chi connectivity index (χ1v) is 15.2. The molecule has 2 bridgehead atoms. The summed E-state index contributed by atoms with van der Waals surface area (Å²) in [6.07, 6.45) is 9.52. The highest BCUT2D eigenvalue weighted by Crippen LogP contribution is 2.45. The highest BCUT2D eigenvalue weighted by Gasteiger charge is 2.44. The summed E-state index contributed by atoms with van der Waals surface area (Å²) in [5.74, 6) is 1.14. The summed E-state index contributed by atoms with van der Waals surface area (Å²) in [5, 5.41) is 0. The van der Waals surface area contributed by atoms with E-state index in [9.17, 15) is 9.59 Å². The van der Waals surface area contributed by atoms with Crippen LogP contribution in [-0.2, 0) is 5.41 Å². The molecule has 2 aromatic heterocycles. The molecule has 7 rings (SSSR count). The van der Waals surface area contributed by atoms with E-state index in [1.807, 2.05) is 4.90 Å². The van der Waals surface area contributed by atoms with Gasteiger partial charge in [0, 0.05) is 43.5 Å². The molecule has 212 valence electrons. The van der Waals surface area contributed by atoms with E-state index in [4.69, 9.17) is 4.98 Å². The van der Waals surface area contributed by atoms with Crippen LogP contribution in [0, 0.1) is 6.92 Å². The number of nitrogens with one attached hydrogen (secondary N) is 1. The second-order valence-electron chi connectivity index (χ2n) is 12.4. The Bertz CT molecular complexity index is 1570. The number of likely N-dealkylation sites (tertiary alicyclic amines) is 1. The van der Waals surface area contributed by atoms with Crippen molar-refractivity contribution < 1.29 is 4.79 Å². The van der Waals surface area contributed by atoms with Gasteiger partial charge in [-0.05, 0) is 87.6 Å². The van der Waals surface area contributed by atoms with Crippen LogP contribution in [0.15, 0.2) is 77.7 Å². The van der Waals surface area contributed by atoms with Crippen molar-refractivity contribution in [3.8, 4) is 0 Å². The Morgan fingerprint density at radius 2 is 1.63 bits per heavy atom. The number of H-pyrrole nitrogens is 1. The van der Waals surface area contributed by atoms with E-state index >= 15 is 0 Å². The maximum Gasteiger partial charge on any atom is 0.255 e. The molecule has 4 aromatic rings. The second kappa shape index (κ2) is 10.6. The number of amides is 1. The molecule has 3 aliphatic rings. The number of benzene rings is 2. The van der Waals surface area contributed by atoms with Crippen molar-refractivity contribution in [2.45, 2.75) is 75.4 Å². The molecule has 7 heteroatoms. The second-order valence-corrected chi connectivity index (χ2v) is 12.4. The van der Waals surface area contributed by atoms with Crippen molar-refractivity contribution in [1.82, 2.24) is 24.3 Å². The van der Waals surface area contributed by atoms with Gasteiger partial charge in [0.15, 0.2) is 0 Å². The summed E-state index contributed by atoms with van der Waals surface area (Å²) in [6, 6.07) is 24.4. The lowest BCUT2D eigenvalue weighted by Crippen LogP contribution is -2.49. The highest BCUT2D eigenvalue weighted by atomic mass is 16.2. The number of piperidine rings is 2. The van der Waals surface area contributed by atoms with E-state index in [1.165, 1.54) is 49.0 Å². The Morgan fingerprint density at radius 3 is 2.34 bits per heavy atom. The third-order valence-electron chi connectivity index (χ3n) is 10.3. The SMILES string of the molecule is Cc1nc2ccccc2n1[C@H]1C[C@H]2CC[C@@H](C1)N2CCC1(c2ccccc2)CCN(C(=O)c2ccc(=O)[nH]c2)CC1. The molecule has 1 N–H and O–H groups in total. The topological polar surface area (TPSA) is 74.2 Å². The zero-order valence-electron chi connectivity index (χ0n) is 23.8. The summed E-state index contributed by atoms with van der Waals surface area (Å²) in [6.45, 7) is 4.73. The number of carbonyl (C=O) groups is 1. The molecular weight excluding hydrogens is 510 g/mol. The molecule has 0 unspecified atom stereocenters. The number of carbonyl (C=O) groups excluding carboxylic acids is 1. The smallest absolute Gasteiger partial charge is 0.255 e. The van der Waals surface area contributed by atoms with Crippen LogP contribution in [0.3, 0.4) is 0 Å².